The number of hydrogen-bond acceptors (Lipinski definition) is 2. The Bertz CT molecular complexity index is 3880. The zero-order valence-corrected chi connectivity index (χ0v) is 37.7. The molecule has 0 N–H and O–H groups in total. The van der Waals surface area contributed by atoms with Crippen molar-refractivity contribution in [1.82, 2.24) is 0 Å². The van der Waals surface area contributed by atoms with Crippen LogP contribution in [-0.2, 0) is 5.41 Å². The normalized spacial score (nSPS) is 12.8. The van der Waals surface area contributed by atoms with E-state index in [2.05, 4.69) is 266 Å². The molecule has 69 heavy (non-hydrogen) atoms. The maximum atomic E-state index is 6.57. The van der Waals surface area contributed by atoms with Crippen LogP contribution in [0.15, 0.2) is 265 Å². The third kappa shape index (κ3) is 5.99. The Balaban J connectivity index is 0.953. The van der Waals surface area contributed by atoms with Crippen molar-refractivity contribution in [2.75, 3.05) is 4.90 Å². The van der Waals surface area contributed by atoms with Gasteiger partial charge in [0.2, 0.25) is 0 Å². The van der Waals surface area contributed by atoms with Crippen LogP contribution >= 0.6 is 0 Å². The highest BCUT2D eigenvalue weighted by molar-refractivity contribution is 6.10. The van der Waals surface area contributed by atoms with Gasteiger partial charge >= 0.3 is 0 Å². The standard InChI is InChI=1S/C67H43NO/c1-4-17-45(18-5-1)52-38-36-50(42-59(52)47-21-8-3-9-22-47)68(49-34-31-44(32-35-49)48-33-40-65-60(41-48)58-27-16-26-53(66(58)69-65)46-19-6-2-7-20-46)51-37-39-57-56-25-12-15-30-63(56)67(64(57)43-51)61-28-13-10-23-54(61)55-24-11-14-29-62(55)67/h1-43H. The highest BCUT2D eigenvalue weighted by Gasteiger charge is 2.51. The van der Waals surface area contributed by atoms with Gasteiger partial charge in [0, 0.05) is 33.4 Å². The predicted octanol–water partition coefficient (Wildman–Crippen LogP) is 18.1. The molecule has 2 aliphatic rings. The van der Waals surface area contributed by atoms with E-state index in [1.807, 2.05) is 0 Å². The van der Waals surface area contributed by atoms with Gasteiger partial charge in [-0.3, -0.25) is 0 Å². The molecule has 0 saturated carbocycles. The monoisotopic (exact) mass is 877 g/mol. The summed E-state index contributed by atoms with van der Waals surface area (Å²) >= 11 is 0. The van der Waals surface area contributed by atoms with Crippen LogP contribution in [0, 0.1) is 0 Å². The Morgan fingerprint density at radius 2 is 0.725 bits per heavy atom. The van der Waals surface area contributed by atoms with Crippen molar-refractivity contribution in [3.8, 4) is 66.8 Å². The van der Waals surface area contributed by atoms with E-state index in [1.54, 1.807) is 0 Å². The molecule has 2 heteroatoms. The second-order valence-electron chi connectivity index (χ2n) is 18.3. The van der Waals surface area contributed by atoms with E-state index >= 15 is 0 Å². The Labute approximate surface area is 401 Å². The molecule has 0 amide bonds. The van der Waals surface area contributed by atoms with E-state index in [0.29, 0.717) is 0 Å². The number of furan rings is 1. The largest absolute Gasteiger partial charge is 0.455 e. The quantitative estimate of drug-likeness (QED) is 0.159. The third-order valence-corrected chi connectivity index (χ3v) is 14.7. The second-order valence-corrected chi connectivity index (χ2v) is 18.3. The molecule has 322 valence electrons. The van der Waals surface area contributed by atoms with E-state index in [1.165, 1.54) is 66.8 Å². The number of para-hydroxylation sites is 1. The minimum atomic E-state index is -0.464. The van der Waals surface area contributed by atoms with Crippen LogP contribution in [0.5, 0.6) is 0 Å². The molecule has 11 aromatic carbocycles. The van der Waals surface area contributed by atoms with Crippen LogP contribution in [0.2, 0.25) is 0 Å². The minimum Gasteiger partial charge on any atom is -0.455 e. The highest BCUT2D eigenvalue weighted by Crippen LogP contribution is 2.63. The van der Waals surface area contributed by atoms with E-state index in [9.17, 15) is 0 Å². The molecule has 0 aliphatic heterocycles. The first-order valence-electron chi connectivity index (χ1n) is 23.8. The summed E-state index contributed by atoms with van der Waals surface area (Å²) in [5.41, 5.74) is 24.3. The van der Waals surface area contributed by atoms with Crippen molar-refractivity contribution >= 4 is 39.0 Å². The van der Waals surface area contributed by atoms with Gasteiger partial charge in [-0.2, -0.15) is 0 Å². The Hall–Kier alpha value is -8.98. The predicted molar refractivity (Wildman–Crippen MR) is 286 cm³/mol. The van der Waals surface area contributed by atoms with E-state index in [0.717, 1.165) is 61.3 Å². The maximum Gasteiger partial charge on any atom is 0.143 e. The summed E-state index contributed by atoms with van der Waals surface area (Å²) in [5.74, 6) is 0. The Morgan fingerprint density at radius 3 is 1.33 bits per heavy atom. The number of hydrogen-bond donors (Lipinski definition) is 0. The first kappa shape index (κ1) is 39.2. The Morgan fingerprint density at radius 1 is 0.261 bits per heavy atom. The van der Waals surface area contributed by atoms with E-state index < -0.39 is 5.41 Å². The molecule has 1 heterocycles. The lowest BCUT2D eigenvalue weighted by atomic mass is 9.70. The van der Waals surface area contributed by atoms with E-state index in [4.69, 9.17) is 4.42 Å². The zero-order valence-electron chi connectivity index (χ0n) is 37.7. The van der Waals surface area contributed by atoms with Crippen molar-refractivity contribution in [2.45, 2.75) is 5.41 Å². The fourth-order valence-corrected chi connectivity index (χ4v) is 11.7. The summed E-state index contributed by atoms with van der Waals surface area (Å²) in [7, 11) is 0. The summed E-state index contributed by atoms with van der Waals surface area (Å²) in [6, 6.07) is 95.5. The summed E-state index contributed by atoms with van der Waals surface area (Å²) in [6.07, 6.45) is 0. The van der Waals surface area contributed by atoms with Crippen molar-refractivity contribution in [1.29, 1.82) is 0 Å². The first-order valence-corrected chi connectivity index (χ1v) is 23.8. The van der Waals surface area contributed by atoms with Gasteiger partial charge in [0.25, 0.3) is 0 Å². The van der Waals surface area contributed by atoms with Gasteiger partial charge in [0.05, 0.1) is 5.41 Å². The molecular weight excluding hydrogens is 835 g/mol. The second kappa shape index (κ2) is 15.6. The maximum absolute atomic E-state index is 6.57. The molecule has 0 saturated heterocycles. The number of fused-ring (bicyclic) bond motifs is 13. The topological polar surface area (TPSA) is 16.4 Å². The summed E-state index contributed by atoms with van der Waals surface area (Å²) in [4.78, 5) is 2.45. The molecule has 2 aliphatic carbocycles. The number of rotatable bonds is 7. The van der Waals surface area contributed by atoms with Crippen molar-refractivity contribution in [2.24, 2.45) is 0 Å². The molecule has 0 fully saturated rings. The zero-order chi connectivity index (χ0) is 45.5. The molecule has 0 bridgehead atoms. The van der Waals surface area contributed by atoms with Gasteiger partial charge in [0.1, 0.15) is 11.2 Å². The van der Waals surface area contributed by atoms with Gasteiger partial charge in [-0.15, -0.1) is 0 Å². The van der Waals surface area contributed by atoms with Crippen molar-refractivity contribution in [3.63, 3.8) is 0 Å². The van der Waals surface area contributed by atoms with Crippen LogP contribution in [0.3, 0.4) is 0 Å². The minimum absolute atomic E-state index is 0.464. The van der Waals surface area contributed by atoms with Gasteiger partial charge in [-0.25, -0.2) is 0 Å². The van der Waals surface area contributed by atoms with Crippen LogP contribution in [0.4, 0.5) is 17.1 Å². The third-order valence-electron chi connectivity index (χ3n) is 14.7. The van der Waals surface area contributed by atoms with Crippen molar-refractivity contribution in [3.05, 3.63) is 283 Å². The average molecular weight is 878 g/mol. The number of nitrogens with zero attached hydrogens (tertiary/aromatic N) is 1. The molecule has 0 unspecified atom stereocenters. The summed E-state index contributed by atoms with van der Waals surface area (Å²) in [5, 5.41) is 2.23. The van der Waals surface area contributed by atoms with Gasteiger partial charge in [-0.1, -0.05) is 212 Å². The van der Waals surface area contributed by atoms with Crippen LogP contribution in [0.25, 0.3) is 88.7 Å². The fourth-order valence-electron chi connectivity index (χ4n) is 11.7. The highest BCUT2D eigenvalue weighted by atomic mass is 16.3. The van der Waals surface area contributed by atoms with Gasteiger partial charge < -0.3 is 9.32 Å². The lowest BCUT2D eigenvalue weighted by molar-refractivity contribution is 0.670. The lowest BCUT2D eigenvalue weighted by Crippen LogP contribution is -2.26. The molecule has 0 radical (unpaired) electrons. The number of anilines is 3. The molecule has 1 spiro atoms. The smallest absolute Gasteiger partial charge is 0.143 e. The lowest BCUT2D eigenvalue weighted by Gasteiger charge is -2.32. The van der Waals surface area contributed by atoms with Crippen molar-refractivity contribution < 1.29 is 4.42 Å². The fraction of sp³-hybridized carbons (Fsp3) is 0.0149. The van der Waals surface area contributed by atoms with Gasteiger partial charge in [-0.05, 0) is 132 Å². The van der Waals surface area contributed by atoms with Crippen LogP contribution < -0.4 is 4.90 Å². The summed E-state index contributed by atoms with van der Waals surface area (Å²) in [6.45, 7) is 0. The first-order chi connectivity index (χ1) is 34.2. The van der Waals surface area contributed by atoms with Gasteiger partial charge in [0.15, 0.2) is 0 Å². The molecule has 14 rings (SSSR count). The molecule has 2 nitrogen and oxygen atoms in total. The molecule has 1 aromatic heterocycles. The van der Waals surface area contributed by atoms with Crippen LogP contribution in [0.1, 0.15) is 22.3 Å². The Kier molecular flexibility index (Phi) is 8.84. The molecule has 0 atom stereocenters. The molecule has 12 aromatic rings. The van der Waals surface area contributed by atoms with Crippen LogP contribution in [-0.4, -0.2) is 0 Å². The van der Waals surface area contributed by atoms with E-state index in [-0.39, 0.29) is 0 Å². The summed E-state index contributed by atoms with van der Waals surface area (Å²) < 4.78 is 6.57. The number of benzene rings is 11. The molecular formula is C67H43NO. The SMILES string of the molecule is c1ccc(-c2ccc(N(c3ccc(-c4ccc5oc6c(-c7ccccc7)cccc6c5c4)cc3)c3ccc4c(c3)C3(c5ccccc5-c5ccccc53)c3ccccc3-4)cc2-c2ccccc2)cc1. The average Bonchev–Trinajstić information content (AvgIpc) is 4.06.